The summed E-state index contributed by atoms with van der Waals surface area (Å²) in [5.41, 5.74) is 0. The average Bonchev–Trinajstić information content (AvgIpc) is 2.12. The molecule has 0 aliphatic carbocycles. The van der Waals surface area contributed by atoms with Crippen molar-refractivity contribution in [2.75, 3.05) is 0 Å². The van der Waals surface area contributed by atoms with E-state index in [0.29, 0.717) is 0 Å². The molecule has 0 unspecified atom stereocenters. The van der Waals surface area contributed by atoms with E-state index in [1.54, 1.807) is 0 Å². The molecular weight excluding hydrogens is 179 g/mol. The standard InChI is InChI=1S/C3H4N4O2S.Na.H/c8-2(9)1-3(10)4-6-7-5-3;;/h10H,1H2,(H,8,9);;. The van der Waals surface area contributed by atoms with Crippen molar-refractivity contribution in [1.82, 2.24) is 0 Å². The first-order chi connectivity index (χ1) is 4.62. The van der Waals surface area contributed by atoms with Gasteiger partial charge in [-0.2, -0.15) is 0 Å². The number of hydrogen-bond donors (Lipinski definition) is 2. The summed E-state index contributed by atoms with van der Waals surface area (Å²) in [7, 11) is 0. The molecule has 1 aliphatic heterocycles. The van der Waals surface area contributed by atoms with Crippen LogP contribution in [0.15, 0.2) is 20.7 Å². The van der Waals surface area contributed by atoms with Crippen molar-refractivity contribution >= 4 is 48.2 Å². The summed E-state index contributed by atoms with van der Waals surface area (Å²) < 4.78 is 0. The fourth-order valence-electron chi connectivity index (χ4n) is 0.477. The molecular formula is C3H5N4NaO2S. The van der Waals surface area contributed by atoms with Crippen molar-refractivity contribution in [2.45, 2.75) is 11.4 Å². The van der Waals surface area contributed by atoms with E-state index >= 15 is 0 Å². The zero-order valence-corrected chi connectivity index (χ0v) is 5.69. The maximum absolute atomic E-state index is 10.1. The van der Waals surface area contributed by atoms with Crippen LogP contribution < -0.4 is 0 Å². The molecule has 0 aromatic rings. The van der Waals surface area contributed by atoms with Crippen molar-refractivity contribution in [3.05, 3.63) is 0 Å². The molecule has 0 bridgehead atoms. The molecule has 11 heavy (non-hydrogen) atoms. The van der Waals surface area contributed by atoms with Crippen molar-refractivity contribution < 1.29 is 9.90 Å². The molecule has 6 nitrogen and oxygen atoms in total. The van der Waals surface area contributed by atoms with Gasteiger partial charge in [0, 0.05) is 0 Å². The van der Waals surface area contributed by atoms with Crippen molar-refractivity contribution in [3.8, 4) is 0 Å². The van der Waals surface area contributed by atoms with E-state index in [0.717, 1.165) is 0 Å². The van der Waals surface area contributed by atoms with Gasteiger partial charge in [-0.05, 0) is 10.4 Å². The second kappa shape index (κ2) is 4.15. The summed E-state index contributed by atoms with van der Waals surface area (Å²) >= 11 is 3.82. The van der Waals surface area contributed by atoms with Gasteiger partial charge in [0.15, 0.2) is 0 Å². The van der Waals surface area contributed by atoms with Gasteiger partial charge in [0.25, 0.3) is 0 Å². The van der Waals surface area contributed by atoms with Crippen LogP contribution in [-0.2, 0) is 4.79 Å². The van der Waals surface area contributed by atoms with Crippen molar-refractivity contribution in [1.29, 1.82) is 0 Å². The zero-order valence-electron chi connectivity index (χ0n) is 4.80. The minimum atomic E-state index is -1.27. The Morgan fingerprint density at radius 1 is 1.45 bits per heavy atom. The Balaban J connectivity index is 0.000001000. The Hall–Kier alpha value is 0.0200. The SMILES string of the molecule is O=C(O)CC1(S)N=NN=N1.[NaH]. The van der Waals surface area contributed by atoms with Gasteiger partial charge in [0.2, 0.25) is 4.99 Å². The van der Waals surface area contributed by atoms with Gasteiger partial charge in [-0.15, -0.1) is 22.9 Å². The molecule has 0 atom stereocenters. The number of carboxylic acids is 1. The molecule has 0 aromatic heterocycles. The van der Waals surface area contributed by atoms with E-state index < -0.39 is 11.0 Å². The van der Waals surface area contributed by atoms with Gasteiger partial charge < -0.3 is 5.11 Å². The second-order valence-electron chi connectivity index (χ2n) is 1.72. The number of aliphatic carboxylic acids is 1. The molecule has 0 spiro atoms. The van der Waals surface area contributed by atoms with E-state index in [-0.39, 0.29) is 36.0 Å². The Kier molecular flexibility index (Phi) is 4.16. The first-order valence-corrected chi connectivity index (χ1v) is 2.85. The number of carboxylic acid groups (broad SMARTS) is 1. The van der Waals surface area contributed by atoms with Crippen LogP contribution >= 0.6 is 12.6 Å². The van der Waals surface area contributed by atoms with Gasteiger partial charge in [-0.3, -0.25) is 4.79 Å². The van der Waals surface area contributed by atoms with Crippen LogP contribution in [0, 0.1) is 0 Å². The van der Waals surface area contributed by atoms with Crippen molar-refractivity contribution in [3.63, 3.8) is 0 Å². The summed E-state index contributed by atoms with van der Waals surface area (Å²) in [5, 5.41) is 21.3. The van der Waals surface area contributed by atoms with E-state index in [9.17, 15) is 4.79 Å². The number of hydrogen-bond acceptors (Lipinski definition) is 6. The Morgan fingerprint density at radius 3 is 2.27 bits per heavy atom. The molecule has 0 fully saturated rings. The molecule has 56 valence electrons. The molecule has 1 aliphatic rings. The summed E-state index contributed by atoms with van der Waals surface area (Å²) in [5.74, 6) is -1.03. The molecule has 1 rings (SSSR count). The van der Waals surface area contributed by atoms with Crippen LogP contribution in [0.3, 0.4) is 0 Å². The van der Waals surface area contributed by atoms with Gasteiger partial charge in [0.05, 0.1) is 0 Å². The van der Waals surface area contributed by atoms with Crippen LogP contribution in [-0.4, -0.2) is 45.6 Å². The fourth-order valence-corrected chi connectivity index (χ4v) is 0.692. The first kappa shape index (κ1) is 11.0. The zero-order chi connectivity index (χ0) is 7.61. The summed E-state index contributed by atoms with van der Waals surface area (Å²) in [6.07, 6.45) is -0.302. The Morgan fingerprint density at radius 2 is 1.91 bits per heavy atom. The Bertz CT molecular complexity index is 205. The van der Waals surface area contributed by atoms with E-state index in [1.807, 2.05) is 0 Å². The molecule has 0 radical (unpaired) electrons. The second-order valence-corrected chi connectivity index (χ2v) is 2.44. The van der Waals surface area contributed by atoms with Crippen LogP contribution in [0.25, 0.3) is 0 Å². The van der Waals surface area contributed by atoms with Gasteiger partial charge in [0.1, 0.15) is 6.42 Å². The third-order valence-corrected chi connectivity index (χ3v) is 1.18. The van der Waals surface area contributed by atoms with E-state index in [1.165, 1.54) is 0 Å². The molecule has 8 heteroatoms. The van der Waals surface area contributed by atoms with Crippen LogP contribution in [0.4, 0.5) is 0 Å². The normalized spacial score (nSPS) is 17.9. The minimum absolute atomic E-state index is 0. The number of carbonyl (C=O) groups is 1. The molecule has 1 N–H and O–H groups in total. The molecule has 1 heterocycles. The van der Waals surface area contributed by atoms with Crippen molar-refractivity contribution in [2.24, 2.45) is 20.7 Å². The quantitative estimate of drug-likeness (QED) is 0.475. The molecule has 0 amide bonds. The third kappa shape index (κ3) is 3.28. The number of rotatable bonds is 2. The number of nitrogens with zero attached hydrogens (tertiary/aromatic N) is 4. The fraction of sp³-hybridized carbons (Fsp3) is 0.667. The van der Waals surface area contributed by atoms with E-state index in [2.05, 4.69) is 33.3 Å². The van der Waals surface area contributed by atoms with E-state index in [4.69, 9.17) is 5.11 Å². The third-order valence-electron chi connectivity index (χ3n) is 0.838. The topological polar surface area (TPSA) is 86.7 Å². The predicted molar refractivity (Wildman–Crippen MR) is 40.8 cm³/mol. The van der Waals surface area contributed by atoms with Crippen LogP contribution in [0.5, 0.6) is 0 Å². The first-order valence-electron chi connectivity index (χ1n) is 2.41. The predicted octanol–water partition coefficient (Wildman–Crippen LogP) is 0.229. The summed E-state index contributed by atoms with van der Waals surface area (Å²) in [6.45, 7) is 0. The van der Waals surface area contributed by atoms with Gasteiger partial charge in [-0.25, -0.2) is 0 Å². The average molecular weight is 184 g/mol. The molecule has 0 saturated heterocycles. The molecule has 0 saturated carbocycles. The van der Waals surface area contributed by atoms with Gasteiger partial charge in [-0.1, -0.05) is 0 Å². The maximum atomic E-state index is 10.1. The summed E-state index contributed by atoms with van der Waals surface area (Å²) in [6, 6.07) is 0. The van der Waals surface area contributed by atoms with Gasteiger partial charge >= 0.3 is 35.5 Å². The monoisotopic (exact) mass is 184 g/mol. The van der Waals surface area contributed by atoms with Crippen LogP contribution in [0.2, 0.25) is 0 Å². The Labute approximate surface area is 89.9 Å². The van der Waals surface area contributed by atoms with Crippen LogP contribution in [0.1, 0.15) is 6.42 Å². The molecule has 0 aromatic carbocycles. The number of thiol groups is 1. The summed E-state index contributed by atoms with van der Waals surface area (Å²) in [4.78, 5) is 8.84.